The van der Waals surface area contributed by atoms with E-state index < -0.39 is 177 Å². The molecule has 0 aromatic heterocycles. The molecule has 5 nitrogen and oxygen atoms in total. The lowest BCUT2D eigenvalue weighted by atomic mass is 9.88. The molecule has 0 aliphatic rings. The Balaban J connectivity index is 1.86. The molecule has 0 saturated carbocycles. The Hall–Kier alpha value is -6.12. The number of rotatable bonds is 33. The zero-order chi connectivity index (χ0) is 71.7. The molecule has 0 amide bonds. The molecule has 0 saturated heterocycles. The van der Waals surface area contributed by atoms with Crippen molar-refractivity contribution in [1.82, 2.24) is 0 Å². The summed E-state index contributed by atoms with van der Waals surface area (Å²) in [6.45, 7) is -4.15. The minimum Gasteiger partial charge on any atom is -0.494 e. The zero-order valence-corrected chi connectivity index (χ0v) is 45.2. The third kappa shape index (κ3) is 14.3. The number of carbonyl (C=O) groups excluding carboxylic acids is 2. The van der Waals surface area contributed by atoms with Crippen molar-refractivity contribution in [3.05, 3.63) is 77.9 Å². The lowest BCUT2D eigenvalue weighted by molar-refractivity contribution is -0.461. The summed E-state index contributed by atoms with van der Waals surface area (Å²) in [4.78, 5) is 25.6. The van der Waals surface area contributed by atoms with Crippen LogP contribution in [-0.2, 0) is 25.5 Å². The molecular formula is C51H40F36O5. The average molecular weight is 1420 g/mol. The van der Waals surface area contributed by atoms with Crippen LogP contribution in [0.15, 0.2) is 60.7 Å². The third-order valence-electron chi connectivity index (χ3n) is 13.5. The maximum absolute atomic E-state index is 15.3. The van der Waals surface area contributed by atoms with E-state index in [9.17, 15) is 159 Å². The van der Waals surface area contributed by atoms with E-state index in [0.717, 1.165) is 31.2 Å². The molecule has 0 N–H and O–H groups in total. The van der Waals surface area contributed by atoms with Gasteiger partial charge in [-0.15, -0.1) is 0 Å². The SMILES string of the molecule is CCCCCc1ccc(-c2ccc(-c3ccc(OCCCCCC(C(=O)OCCC(F)(F)C(F)(F)C(F)(F)C(F)(F)C(F)(F)C(F)(F)C(F)(F)C(F)(F)F)C(=O)OCCC(F)(F)C(F)(F)C(F)(F)C(F)(F)C(F)(F)C(F)(F)C(F)(F)C(F)(F)F)cc3)c(F)c2F)cc1. The molecule has 0 radical (unpaired) electrons. The van der Waals surface area contributed by atoms with E-state index in [1.54, 1.807) is 24.3 Å². The fraction of sp³-hybridized carbons (Fsp3) is 0.608. The molecular weight excluding hydrogens is 1380 g/mol. The molecule has 0 atom stereocenters. The van der Waals surface area contributed by atoms with Gasteiger partial charge < -0.3 is 14.2 Å². The quantitative estimate of drug-likeness (QED) is 0.0263. The number of hydrogen-bond acceptors (Lipinski definition) is 5. The molecule has 526 valence electrons. The second kappa shape index (κ2) is 26.9. The molecule has 3 rings (SSSR count). The van der Waals surface area contributed by atoms with Crippen molar-refractivity contribution in [1.29, 1.82) is 0 Å². The number of halogens is 36. The number of esters is 2. The van der Waals surface area contributed by atoms with Gasteiger partial charge in [-0.1, -0.05) is 81.1 Å². The van der Waals surface area contributed by atoms with Crippen molar-refractivity contribution in [2.45, 2.75) is 166 Å². The van der Waals surface area contributed by atoms with Gasteiger partial charge in [0.2, 0.25) is 0 Å². The van der Waals surface area contributed by atoms with E-state index in [1.807, 2.05) is 6.92 Å². The van der Waals surface area contributed by atoms with E-state index >= 15 is 8.78 Å². The minimum atomic E-state index is -9.09. The van der Waals surface area contributed by atoms with Crippen LogP contribution < -0.4 is 4.74 Å². The summed E-state index contributed by atoms with van der Waals surface area (Å²) in [5.74, 6) is -132. The van der Waals surface area contributed by atoms with E-state index in [-0.39, 0.29) is 28.9 Å². The van der Waals surface area contributed by atoms with Crippen LogP contribution in [0.2, 0.25) is 0 Å². The van der Waals surface area contributed by atoms with Gasteiger partial charge in [0.1, 0.15) is 5.75 Å². The standard InChI is InChI=1S/C51H40F36O5/c1-2-3-5-8-25-10-12-26(13-11-25)29-18-19-30(33(53)32(29)52)27-14-16-28(17-15-27)90-22-7-4-6-9-31(34(88)91-23-20-36(54,55)38(58,59)40(62,63)42(66,67)44(70,71)46(74,75)48(78,79)50(82,83)84)35(89)92-24-21-37(56,57)39(60,61)41(64,65)43(68,69)45(72,73)47(76,77)49(80,81)51(85,86)87/h10-19,31H,2-9,20-24H2,1H3. The third-order valence-corrected chi connectivity index (χ3v) is 13.5. The molecule has 0 spiro atoms. The van der Waals surface area contributed by atoms with Crippen molar-refractivity contribution in [3.8, 4) is 28.0 Å². The van der Waals surface area contributed by atoms with E-state index in [0.29, 0.717) is 5.56 Å². The van der Waals surface area contributed by atoms with Crippen molar-refractivity contribution in [3.63, 3.8) is 0 Å². The zero-order valence-electron chi connectivity index (χ0n) is 45.2. The van der Waals surface area contributed by atoms with Crippen LogP contribution in [0.1, 0.15) is 70.3 Å². The Labute approximate surface area is 491 Å². The second-order valence-electron chi connectivity index (χ2n) is 19.8. The number of unbranched alkanes of at least 4 members (excludes halogenated alkanes) is 4. The number of alkyl halides is 34. The van der Waals surface area contributed by atoms with Gasteiger partial charge in [0.25, 0.3) is 0 Å². The fourth-order valence-corrected chi connectivity index (χ4v) is 7.77. The maximum Gasteiger partial charge on any atom is 0.460 e. The van der Waals surface area contributed by atoms with Gasteiger partial charge in [-0.25, -0.2) is 8.78 Å². The highest BCUT2D eigenvalue weighted by Gasteiger charge is 2.97. The number of benzene rings is 3. The molecule has 0 aliphatic carbocycles. The number of aryl methyl sites for hydroxylation is 1. The molecule has 0 unspecified atom stereocenters. The van der Waals surface area contributed by atoms with Crippen molar-refractivity contribution in [2.75, 3.05) is 19.8 Å². The van der Waals surface area contributed by atoms with Gasteiger partial charge in [-0.05, 0) is 54.5 Å². The first-order valence-corrected chi connectivity index (χ1v) is 25.2. The van der Waals surface area contributed by atoms with E-state index in [4.69, 9.17) is 4.74 Å². The van der Waals surface area contributed by atoms with Gasteiger partial charge in [-0.3, -0.25) is 9.59 Å². The Morgan fingerprint density at radius 3 is 1.00 bits per heavy atom. The first kappa shape index (κ1) is 80.1. The fourth-order valence-electron chi connectivity index (χ4n) is 7.77. The Bertz CT molecular complexity index is 2850. The lowest BCUT2D eigenvalue weighted by Crippen LogP contribution is -2.74. The van der Waals surface area contributed by atoms with Gasteiger partial charge in [-0.2, -0.15) is 149 Å². The van der Waals surface area contributed by atoms with Crippen LogP contribution in [0, 0.1) is 17.6 Å². The van der Waals surface area contributed by atoms with Gasteiger partial charge in [0.05, 0.1) is 32.7 Å². The van der Waals surface area contributed by atoms with Crippen molar-refractivity contribution >= 4 is 11.9 Å². The van der Waals surface area contributed by atoms with Crippen molar-refractivity contribution in [2.24, 2.45) is 5.92 Å². The van der Waals surface area contributed by atoms with Crippen LogP contribution >= 0.6 is 0 Å². The summed E-state index contributed by atoms with van der Waals surface area (Å²) >= 11 is 0. The number of hydrogen-bond donors (Lipinski definition) is 0. The number of ether oxygens (including phenoxy) is 3. The average Bonchev–Trinajstić information content (AvgIpc) is 0.704. The predicted molar refractivity (Wildman–Crippen MR) is 240 cm³/mol. The molecule has 0 aliphatic heterocycles. The van der Waals surface area contributed by atoms with Gasteiger partial charge in [0, 0.05) is 11.1 Å². The normalized spacial score (nSPS) is 14.7. The second-order valence-corrected chi connectivity index (χ2v) is 19.8. The van der Waals surface area contributed by atoms with E-state index in [1.165, 1.54) is 36.4 Å². The van der Waals surface area contributed by atoms with E-state index in [2.05, 4.69) is 9.47 Å². The van der Waals surface area contributed by atoms with Gasteiger partial charge in [0.15, 0.2) is 17.6 Å². The first-order chi connectivity index (χ1) is 41.2. The summed E-state index contributed by atoms with van der Waals surface area (Å²) in [5, 5.41) is 0. The summed E-state index contributed by atoms with van der Waals surface area (Å²) in [7, 11) is 0. The van der Waals surface area contributed by atoms with Gasteiger partial charge >= 0.3 is 107 Å². The largest absolute Gasteiger partial charge is 0.494 e. The Kier molecular flexibility index (Phi) is 23.5. The summed E-state index contributed by atoms with van der Waals surface area (Å²) in [5.41, 5.74) is 0.961. The minimum absolute atomic E-state index is 0.0558. The summed E-state index contributed by atoms with van der Waals surface area (Å²) in [6, 6.07) is 13.9. The highest BCUT2D eigenvalue weighted by atomic mass is 19.4. The van der Waals surface area contributed by atoms with Crippen LogP contribution in [-0.4, -0.2) is 127 Å². The van der Waals surface area contributed by atoms with Crippen LogP contribution in [0.25, 0.3) is 22.3 Å². The lowest BCUT2D eigenvalue weighted by Gasteiger charge is -2.42. The molecule has 41 heteroatoms. The Morgan fingerprint density at radius 1 is 0.359 bits per heavy atom. The van der Waals surface area contributed by atoms with Crippen molar-refractivity contribution < 1.29 is 182 Å². The predicted octanol–water partition coefficient (Wildman–Crippen LogP) is 19.5. The molecule has 0 fully saturated rings. The highest BCUT2D eigenvalue weighted by Crippen LogP contribution is 2.66. The summed E-state index contributed by atoms with van der Waals surface area (Å²) < 4.78 is 510. The molecule has 92 heavy (non-hydrogen) atoms. The van der Waals surface area contributed by atoms with Crippen LogP contribution in [0.5, 0.6) is 5.75 Å². The molecule has 3 aromatic rings. The first-order valence-electron chi connectivity index (χ1n) is 25.2. The smallest absolute Gasteiger partial charge is 0.460 e. The van der Waals surface area contributed by atoms with Crippen LogP contribution in [0.3, 0.4) is 0 Å². The highest BCUT2D eigenvalue weighted by molar-refractivity contribution is 5.94. The maximum atomic E-state index is 15.3. The Morgan fingerprint density at radius 2 is 0.674 bits per heavy atom. The van der Waals surface area contributed by atoms with Crippen LogP contribution in [0.4, 0.5) is 158 Å². The number of carbonyl (C=O) groups is 2. The summed E-state index contributed by atoms with van der Waals surface area (Å²) in [6.07, 6.45) is -22.9. The topological polar surface area (TPSA) is 61.8 Å². The molecule has 0 bridgehead atoms. The molecule has 3 aromatic carbocycles. The molecule has 0 heterocycles. The monoisotopic (exact) mass is 1420 g/mol.